The summed E-state index contributed by atoms with van der Waals surface area (Å²) in [6.07, 6.45) is 0. The quantitative estimate of drug-likeness (QED) is 0.142. The number of anilines is 9. The van der Waals surface area contributed by atoms with Crippen LogP contribution in [0.4, 0.5) is 51.2 Å². The Hall–Kier alpha value is -7.86. The van der Waals surface area contributed by atoms with Crippen molar-refractivity contribution in [2.45, 2.75) is 0 Å². The first-order chi connectivity index (χ1) is 27.2. The van der Waals surface area contributed by atoms with Gasteiger partial charge in [0.05, 0.1) is 29.0 Å². The van der Waals surface area contributed by atoms with Gasteiger partial charge in [-0.15, -0.1) is 0 Å². The highest BCUT2D eigenvalue weighted by molar-refractivity contribution is 5.90. The van der Waals surface area contributed by atoms with Gasteiger partial charge in [0.25, 0.3) is 0 Å². The zero-order valence-corrected chi connectivity index (χ0v) is 29.9. The molecule has 0 bridgehead atoms. The van der Waals surface area contributed by atoms with Crippen molar-refractivity contribution in [3.8, 4) is 23.3 Å². The summed E-state index contributed by atoms with van der Waals surface area (Å²) in [5.41, 5.74) is 11.7. The minimum absolute atomic E-state index is 0.438. The summed E-state index contributed by atoms with van der Waals surface area (Å²) in [6.45, 7) is 0. The summed E-state index contributed by atoms with van der Waals surface area (Å²) in [5, 5.41) is 19.7. The molecule has 8 rings (SSSR count). The Bertz CT molecular complexity index is 2360. The van der Waals surface area contributed by atoms with Gasteiger partial charge >= 0.3 is 0 Å². The molecule has 0 radical (unpaired) electrons. The molecule has 0 aliphatic heterocycles. The number of rotatable bonds is 10. The first-order valence-corrected chi connectivity index (χ1v) is 18.1. The predicted molar refractivity (Wildman–Crippen MR) is 225 cm³/mol. The third-order valence-electron chi connectivity index (χ3n) is 9.44. The second kappa shape index (κ2) is 15.8. The van der Waals surface area contributed by atoms with E-state index in [1.807, 2.05) is 54.6 Å². The van der Waals surface area contributed by atoms with Crippen LogP contribution < -0.4 is 14.7 Å². The molecule has 5 heteroatoms. The summed E-state index contributed by atoms with van der Waals surface area (Å²) in [4.78, 5) is 6.73. The van der Waals surface area contributed by atoms with Crippen molar-refractivity contribution >= 4 is 51.2 Å². The average Bonchev–Trinajstić information content (AvgIpc) is 3.26. The molecular weight excluding hydrogens is 671 g/mol. The molecule has 0 unspecified atom stereocenters. The van der Waals surface area contributed by atoms with Crippen LogP contribution in [0.5, 0.6) is 0 Å². The third kappa shape index (κ3) is 7.28. The van der Waals surface area contributed by atoms with Crippen molar-refractivity contribution in [2.24, 2.45) is 0 Å². The Morgan fingerprint density at radius 2 is 0.582 bits per heavy atom. The molecular formula is C50H35N5. The number of para-hydroxylation sites is 5. The van der Waals surface area contributed by atoms with Gasteiger partial charge in [0.15, 0.2) is 0 Å². The SMILES string of the molecule is N#Cc1cc(C#N)cc(-c2ccccc2N(c2ccc(N(c3ccccc3)c3ccccc3)cc2)c2ccc(N(c3ccccc3)c3ccccc3)cc2)c1. The molecule has 55 heavy (non-hydrogen) atoms. The van der Waals surface area contributed by atoms with Gasteiger partial charge in [0, 0.05) is 51.1 Å². The Kier molecular flexibility index (Phi) is 9.84. The van der Waals surface area contributed by atoms with E-state index in [9.17, 15) is 10.5 Å². The van der Waals surface area contributed by atoms with Crippen LogP contribution in [0.15, 0.2) is 212 Å². The van der Waals surface area contributed by atoms with Crippen molar-refractivity contribution in [1.82, 2.24) is 0 Å². The molecule has 260 valence electrons. The van der Waals surface area contributed by atoms with Gasteiger partial charge in [0.1, 0.15) is 0 Å². The summed E-state index contributed by atoms with van der Waals surface area (Å²) >= 11 is 0. The lowest BCUT2D eigenvalue weighted by Gasteiger charge is -2.30. The largest absolute Gasteiger partial charge is 0.311 e. The molecule has 0 heterocycles. The second-order valence-electron chi connectivity index (χ2n) is 12.9. The molecule has 0 saturated heterocycles. The van der Waals surface area contributed by atoms with E-state index in [1.54, 1.807) is 6.07 Å². The second-order valence-corrected chi connectivity index (χ2v) is 12.9. The topological polar surface area (TPSA) is 57.3 Å². The molecule has 8 aromatic rings. The average molecular weight is 706 g/mol. The van der Waals surface area contributed by atoms with E-state index in [0.29, 0.717) is 11.1 Å². The van der Waals surface area contributed by atoms with Gasteiger partial charge in [-0.25, -0.2) is 0 Å². The van der Waals surface area contributed by atoms with E-state index in [1.165, 1.54) is 0 Å². The third-order valence-corrected chi connectivity index (χ3v) is 9.44. The first-order valence-electron chi connectivity index (χ1n) is 18.1. The summed E-state index contributed by atoms with van der Waals surface area (Å²) in [7, 11) is 0. The molecule has 0 N–H and O–H groups in total. The highest BCUT2D eigenvalue weighted by Crippen LogP contribution is 2.44. The van der Waals surface area contributed by atoms with Crippen LogP contribution in [0.25, 0.3) is 11.1 Å². The molecule has 0 aromatic heterocycles. The Morgan fingerprint density at radius 1 is 0.291 bits per heavy atom. The van der Waals surface area contributed by atoms with Crippen molar-refractivity contribution in [2.75, 3.05) is 14.7 Å². The number of benzene rings is 8. The maximum Gasteiger partial charge on any atom is 0.0992 e. The van der Waals surface area contributed by atoms with Crippen molar-refractivity contribution in [1.29, 1.82) is 10.5 Å². The zero-order chi connectivity index (χ0) is 37.4. The molecule has 0 spiro atoms. The number of hydrogen-bond donors (Lipinski definition) is 0. The van der Waals surface area contributed by atoms with Crippen molar-refractivity contribution in [3.05, 3.63) is 223 Å². The molecule has 0 fully saturated rings. The van der Waals surface area contributed by atoms with E-state index in [0.717, 1.165) is 62.3 Å². The fourth-order valence-electron chi connectivity index (χ4n) is 6.96. The number of hydrogen-bond acceptors (Lipinski definition) is 5. The maximum atomic E-state index is 9.86. The zero-order valence-electron chi connectivity index (χ0n) is 29.9. The van der Waals surface area contributed by atoms with E-state index in [4.69, 9.17) is 0 Å². The van der Waals surface area contributed by atoms with Gasteiger partial charge in [-0.2, -0.15) is 10.5 Å². The van der Waals surface area contributed by atoms with Gasteiger partial charge in [-0.1, -0.05) is 91.0 Å². The fourth-order valence-corrected chi connectivity index (χ4v) is 6.96. The van der Waals surface area contributed by atoms with Crippen LogP contribution in [0.1, 0.15) is 11.1 Å². The van der Waals surface area contributed by atoms with E-state index >= 15 is 0 Å². The standard InChI is InChI=1S/C50H35N5/c51-36-38-33-39(37-52)35-40(34-38)49-23-13-14-24-50(49)55(47-29-25-45(26-30-47)53(41-15-5-1-6-16-41)42-17-7-2-8-18-42)48-31-27-46(28-32-48)54(43-19-9-3-10-20-43)44-21-11-4-12-22-44/h1-35H. The summed E-state index contributed by atoms with van der Waals surface area (Å²) in [6, 6.07) is 76.6. The molecule has 5 nitrogen and oxygen atoms in total. The Balaban J connectivity index is 1.27. The van der Waals surface area contributed by atoms with Gasteiger partial charge in [-0.3, -0.25) is 0 Å². The lowest BCUT2D eigenvalue weighted by Crippen LogP contribution is -2.13. The van der Waals surface area contributed by atoms with Crippen LogP contribution in [0.2, 0.25) is 0 Å². The molecule has 0 atom stereocenters. The van der Waals surface area contributed by atoms with Crippen molar-refractivity contribution < 1.29 is 0 Å². The van der Waals surface area contributed by atoms with Crippen LogP contribution in [-0.2, 0) is 0 Å². The molecule has 8 aromatic carbocycles. The lowest BCUT2D eigenvalue weighted by atomic mass is 9.98. The van der Waals surface area contributed by atoms with Gasteiger partial charge < -0.3 is 14.7 Å². The predicted octanol–water partition coefficient (Wildman–Crippen LogP) is 13.5. The maximum absolute atomic E-state index is 9.86. The minimum atomic E-state index is 0.438. The van der Waals surface area contributed by atoms with E-state index in [-0.39, 0.29) is 0 Å². The molecule has 0 amide bonds. The Labute approximate surface area is 322 Å². The van der Waals surface area contributed by atoms with E-state index in [2.05, 4.69) is 178 Å². The molecule has 0 saturated carbocycles. The highest BCUT2D eigenvalue weighted by Gasteiger charge is 2.20. The fraction of sp³-hybridized carbons (Fsp3) is 0. The van der Waals surface area contributed by atoms with Gasteiger partial charge in [0.2, 0.25) is 0 Å². The van der Waals surface area contributed by atoms with Crippen LogP contribution in [0, 0.1) is 22.7 Å². The van der Waals surface area contributed by atoms with Crippen LogP contribution in [-0.4, -0.2) is 0 Å². The van der Waals surface area contributed by atoms with Crippen molar-refractivity contribution in [3.63, 3.8) is 0 Å². The summed E-state index contributed by atoms with van der Waals surface area (Å²) in [5.74, 6) is 0. The Morgan fingerprint density at radius 3 is 0.927 bits per heavy atom. The smallest absolute Gasteiger partial charge is 0.0992 e. The van der Waals surface area contributed by atoms with E-state index < -0.39 is 0 Å². The number of nitriles is 2. The van der Waals surface area contributed by atoms with Crippen LogP contribution >= 0.6 is 0 Å². The first kappa shape index (κ1) is 34.2. The monoisotopic (exact) mass is 705 g/mol. The summed E-state index contributed by atoms with van der Waals surface area (Å²) < 4.78 is 0. The van der Waals surface area contributed by atoms with Gasteiger partial charge in [-0.05, 0) is 127 Å². The normalized spacial score (nSPS) is 10.5. The molecule has 0 aliphatic carbocycles. The highest BCUT2D eigenvalue weighted by atomic mass is 15.2. The van der Waals surface area contributed by atoms with Crippen LogP contribution in [0.3, 0.4) is 0 Å². The lowest BCUT2D eigenvalue weighted by molar-refractivity contribution is 1.24. The number of nitrogens with zero attached hydrogens (tertiary/aromatic N) is 5. The minimum Gasteiger partial charge on any atom is -0.311 e. The molecule has 0 aliphatic rings.